The molecule has 1 N–H and O–H groups in total. The van der Waals surface area contributed by atoms with Gasteiger partial charge in [0, 0.05) is 19.2 Å². The first kappa shape index (κ1) is 14.9. The van der Waals surface area contributed by atoms with Crippen molar-refractivity contribution in [3.63, 3.8) is 0 Å². The van der Waals surface area contributed by atoms with Crippen molar-refractivity contribution in [3.05, 3.63) is 29.8 Å². The van der Waals surface area contributed by atoms with Crippen LogP contribution in [0.4, 0.5) is 8.78 Å². The number of amides is 1. The lowest BCUT2D eigenvalue weighted by molar-refractivity contribution is -0.131. The fourth-order valence-electron chi connectivity index (χ4n) is 2.11. The summed E-state index contributed by atoms with van der Waals surface area (Å²) in [5, 5.41) is 2.56. The number of sulfonamides is 1. The molecule has 0 spiro atoms. The second-order valence-corrected chi connectivity index (χ2v) is 6.86. The zero-order valence-electron chi connectivity index (χ0n) is 11.0. The highest BCUT2D eigenvalue weighted by Crippen LogP contribution is 2.27. The number of hydrogen-bond acceptors (Lipinski definition) is 3. The second-order valence-electron chi connectivity index (χ2n) is 5.00. The number of rotatable bonds is 2. The molecule has 0 bridgehead atoms. The molecule has 0 aromatic heterocycles. The van der Waals surface area contributed by atoms with Crippen molar-refractivity contribution in [2.24, 2.45) is 0 Å². The number of nitrogens with zero attached hydrogens (tertiary/aromatic N) is 1. The molecule has 2 rings (SSSR count). The first-order chi connectivity index (χ1) is 9.15. The maximum Gasteiger partial charge on any atom is 0.244 e. The highest BCUT2D eigenvalue weighted by molar-refractivity contribution is 7.89. The molecule has 5 nitrogen and oxygen atoms in total. The van der Waals surface area contributed by atoms with E-state index in [1.54, 1.807) is 0 Å². The van der Waals surface area contributed by atoms with Gasteiger partial charge in [0.05, 0.1) is 4.90 Å². The van der Waals surface area contributed by atoms with Gasteiger partial charge in [0.2, 0.25) is 15.9 Å². The second kappa shape index (κ2) is 4.78. The summed E-state index contributed by atoms with van der Waals surface area (Å²) in [6, 6.07) is 2.06. The van der Waals surface area contributed by atoms with Crippen LogP contribution in [-0.2, 0) is 14.8 Å². The van der Waals surface area contributed by atoms with Gasteiger partial charge in [-0.15, -0.1) is 0 Å². The molecule has 1 aliphatic rings. The van der Waals surface area contributed by atoms with Crippen molar-refractivity contribution in [2.45, 2.75) is 24.3 Å². The van der Waals surface area contributed by atoms with Crippen LogP contribution in [-0.4, -0.2) is 37.3 Å². The fourth-order valence-corrected chi connectivity index (χ4v) is 3.90. The van der Waals surface area contributed by atoms with Gasteiger partial charge in [-0.25, -0.2) is 17.2 Å². The molecule has 0 unspecified atom stereocenters. The molecular weight excluding hydrogens is 290 g/mol. The Balaban J connectivity index is 2.51. The van der Waals surface area contributed by atoms with E-state index in [2.05, 4.69) is 5.32 Å². The van der Waals surface area contributed by atoms with Crippen molar-refractivity contribution in [1.29, 1.82) is 0 Å². The largest absolute Gasteiger partial charge is 0.353 e. The maximum absolute atomic E-state index is 13.2. The van der Waals surface area contributed by atoms with Crippen molar-refractivity contribution in [1.82, 2.24) is 9.62 Å². The third-order valence-electron chi connectivity index (χ3n) is 3.20. The predicted octanol–water partition coefficient (Wildman–Crippen LogP) is 0.864. The molecule has 1 heterocycles. The summed E-state index contributed by atoms with van der Waals surface area (Å²) >= 11 is 0. The minimum Gasteiger partial charge on any atom is -0.353 e. The molecular formula is C12H14F2N2O3S. The molecule has 1 aromatic rings. The van der Waals surface area contributed by atoms with Gasteiger partial charge in [0.15, 0.2) is 0 Å². The first-order valence-corrected chi connectivity index (χ1v) is 7.37. The van der Waals surface area contributed by atoms with E-state index in [4.69, 9.17) is 0 Å². The summed E-state index contributed by atoms with van der Waals surface area (Å²) < 4.78 is 52.3. The summed E-state index contributed by atoms with van der Waals surface area (Å²) in [5.41, 5.74) is -1.32. The molecule has 0 aliphatic carbocycles. The number of halogens is 2. The Morgan fingerprint density at radius 3 is 2.30 bits per heavy atom. The Hall–Kier alpha value is -1.54. The summed E-state index contributed by atoms with van der Waals surface area (Å²) in [7, 11) is -4.16. The highest BCUT2D eigenvalue weighted by atomic mass is 32.2. The van der Waals surface area contributed by atoms with E-state index in [0.29, 0.717) is 6.07 Å². The van der Waals surface area contributed by atoms with Gasteiger partial charge in [-0.2, -0.15) is 4.31 Å². The van der Waals surface area contributed by atoms with Gasteiger partial charge in [0.25, 0.3) is 0 Å². The summed E-state index contributed by atoms with van der Waals surface area (Å²) in [6.07, 6.45) is 0. The molecule has 0 saturated carbocycles. The van der Waals surface area contributed by atoms with E-state index < -0.39 is 38.0 Å². The highest BCUT2D eigenvalue weighted by Gasteiger charge is 2.45. The molecule has 20 heavy (non-hydrogen) atoms. The number of piperazine rings is 1. The topological polar surface area (TPSA) is 66.5 Å². The molecule has 8 heteroatoms. The van der Waals surface area contributed by atoms with E-state index in [9.17, 15) is 22.0 Å². The Kier molecular flexibility index (Phi) is 3.55. The molecule has 1 aliphatic heterocycles. The van der Waals surface area contributed by atoms with Crippen LogP contribution in [0.5, 0.6) is 0 Å². The molecule has 0 radical (unpaired) electrons. The van der Waals surface area contributed by atoms with Crippen molar-refractivity contribution < 1.29 is 22.0 Å². The van der Waals surface area contributed by atoms with Gasteiger partial charge < -0.3 is 5.32 Å². The SMILES string of the molecule is CC1(C)C(=O)NCCN1S(=O)(=O)c1cc(F)cc(F)c1. The predicted molar refractivity (Wildman–Crippen MR) is 67.3 cm³/mol. The van der Waals surface area contributed by atoms with Crippen LogP contribution in [0.3, 0.4) is 0 Å². The Bertz CT molecular complexity index is 638. The van der Waals surface area contributed by atoms with Crippen molar-refractivity contribution in [2.75, 3.05) is 13.1 Å². The number of nitrogens with one attached hydrogen (secondary N) is 1. The van der Waals surface area contributed by atoms with E-state index in [-0.39, 0.29) is 13.1 Å². The lowest BCUT2D eigenvalue weighted by Crippen LogP contribution is -2.63. The molecule has 1 fully saturated rings. The third kappa shape index (κ3) is 2.40. The van der Waals surface area contributed by atoms with Crippen LogP contribution in [0.2, 0.25) is 0 Å². The zero-order valence-corrected chi connectivity index (χ0v) is 11.8. The summed E-state index contributed by atoms with van der Waals surface area (Å²) in [5.74, 6) is -2.42. The average molecular weight is 304 g/mol. The number of hydrogen-bond donors (Lipinski definition) is 1. The van der Waals surface area contributed by atoms with Crippen LogP contribution in [0.25, 0.3) is 0 Å². The minimum atomic E-state index is -4.16. The first-order valence-electron chi connectivity index (χ1n) is 5.93. The van der Waals surface area contributed by atoms with Crippen LogP contribution in [0.1, 0.15) is 13.8 Å². The standard InChI is InChI=1S/C12H14F2N2O3S/c1-12(2)11(17)15-3-4-16(12)20(18,19)10-6-8(13)5-9(14)7-10/h5-7H,3-4H2,1-2H3,(H,15,17). The quantitative estimate of drug-likeness (QED) is 0.881. The molecule has 110 valence electrons. The van der Waals surface area contributed by atoms with E-state index in [1.807, 2.05) is 0 Å². The van der Waals surface area contributed by atoms with Crippen LogP contribution >= 0.6 is 0 Å². The van der Waals surface area contributed by atoms with Crippen molar-refractivity contribution in [3.8, 4) is 0 Å². The lowest BCUT2D eigenvalue weighted by Gasteiger charge is -2.39. The molecule has 1 aromatic carbocycles. The summed E-state index contributed by atoms with van der Waals surface area (Å²) in [6.45, 7) is 3.07. The number of carbonyl (C=O) groups excluding carboxylic acids is 1. The van der Waals surface area contributed by atoms with Gasteiger partial charge in [0.1, 0.15) is 17.2 Å². The van der Waals surface area contributed by atoms with E-state index in [0.717, 1.165) is 16.4 Å². The maximum atomic E-state index is 13.2. The van der Waals surface area contributed by atoms with Gasteiger partial charge >= 0.3 is 0 Å². The average Bonchev–Trinajstić information content (AvgIpc) is 2.31. The smallest absolute Gasteiger partial charge is 0.244 e. The number of carbonyl (C=O) groups is 1. The zero-order chi connectivity index (χ0) is 15.1. The Morgan fingerprint density at radius 1 is 1.20 bits per heavy atom. The van der Waals surface area contributed by atoms with Gasteiger partial charge in [-0.05, 0) is 26.0 Å². The fraction of sp³-hybridized carbons (Fsp3) is 0.417. The van der Waals surface area contributed by atoms with Gasteiger partial charge in [-0.3, -0.25) is 4.79 Å². The van der Waals surface area contributed by atoms with E-state index >= 15 is 0 Å². The monoisotopic (exact) mass is 304 g/mol. The van der Waals surface area contributed by atoms with Crippen molar-refractivity contribution >= 4 is 15.9 Å². The molecule has 0 atom stereocenters. The Morgan fingerprint density at radius 2 is 1.75 bits per heavy atom. The number of benzene rings is 1. The minimum absolute atomic E-state index is 0.0409. The molecule has 1 amide bonds. The molecule has 1 saturated heterocycles. The van der Waals surface area contributed by atoms with Crippen LogP contribution in [0.15, 0.2) is 23.1 Å². The van der Waals surface area contributed by atoms with Crippen LogP contribution in [0, 0.1) is 11.6 Å². The normalized spacial score (nSPS) is 19.7. The third-order valence-corrected chi connectivity index (χ3v) is 5.25. The van der Waals surface area contributed by atoms with E-state index in [1.165, 1.54) is 13.8 Å². The lowest BCUT2D eigenvalue weighted by atomic mass is 10.0. The summed E-state index contributed by atoms with van der Waals surface area (Å²) in [4.78, 5) is 11.3. The van der Waals surface area contributed by atoms with Crippen LogP contribution < -0.4 is 5.32 Å². The Labute approximate surface area is 115 Å². The van der Waals surface area contributed by atoms with Gasteiger partial charge in [-0.1, -0.05) is 0 Å².